The van der Waals surface area contributed by atoms with Gasteiger partial charge in [-0.25, -0.2) is 4.98 Å². The second-order valence-electron chi connectivity index (χ2n) is 6.02. The quantitative estimate of drug-likeness (QED) is 0.882. The number of fused-ring (bicyclic) bond motifs is 1. The molecule has 5 nitrogen and oxygen atoms in total. The summed E-state index contributed by atoms with van der Waals surface area (Å²) in [6.45, 7) is -0.352. The van der Waals surface area contributed by atoms with Crippen LogP contribution < -0.4 is 5.32 Å². The molecule has 0 bridgehead atoms. The van der Waals surface area contributed by atoms with E-state index < -0.39 is 5.97 Å². The molecule has 0 spiro atoms. The van der Waals surface area contributed by atoms with E-state index in [0.717, 1.165) is 15.2 Å². The van der Waals surface area contributed by atoms with E-state index in [1.807, 2.05) is 6.07 Å². The number of carboxylic acid groups (broad SMARTS) is 1. The summed E-state index contributed by atoms with van der Waals surface area (Å²) in [4.78, 5) is 26.6. The van der Waals surface area contributed by atoms with E-state index in [0.29, 0.717) is 5.92 Å². The van der Waals surface area contributed by atoms with Crippen LogP contribution in [0.2, 0.25) is 0 Å². The van der Waals surface area contributed by atoms with Gasteiger partial charge < -0.3 is 10.4 Å². The molecule has 1 amide bonds. The van der Waals surface area contributed by atoms with E-state index in [1.165, 1.54) is 49.0 Å². The Bertz CT molecular complexity index is 720. The summed E-state index contributed by atoms with van der Waals surface area (Å²) >= 11 is 1.52. The van der Waals surface area contributed by atoms with Gasteiger partial charge in [0.1, 0.15) is 11.6 Å². The molecule has 1 heterocycles. The van der Waals surface area contributed by atoms with Crippen molar-refractivity contribution in [3.8, 4) is 0 Å². The van der Waals surface area contributed by atoms with Crippen molar-refractivity contribution in [2.24, 2.45) is 0 Å². The number of benzene rings is 1. The van der Waals surface area contributed by atoms with Crippen molar-refractivity contribution in [2.75, 3.05) is 6.54 Å². The lowest BCUT2D eigenvalue weighted by molar-refractivity contribution is -0.137. The van der Waals surface area contributed by atoms with Crippen molar-refractivity contribution in [1.29, 1.82) is 0 Å². The highest BCUT2D eigenvalue weighted by molar-refractivity contribution is 7.18. The summed E-state index contributed by atoms with van der Waals surface area (Å²) in [5.41, 5.74) is 2.29. The third-order valence-electron chi connectivity index (χ3n) is 4.28. The standard InChI is InChI=1S/C17H20N2O3S/c20-15(18-10-17(21)22)9-16-19-13-7-6-12(8-14(13)23-16)11-4-2-1-3-5-11/h6-8,11H,1-5,9-10H2,(H,18,20)(H,21,22). The Kier molecular flexibility index (Phi) is 4.91. The molecule has 0 aliphatic heterocycles. The number of carbonyl (C=O) groups is 2. The van der Waals surface area contributed by atoms with E-state index in [1.54, 1.807) is 0 Å². The first-order valence-electron chi connectivity index (χ1n) is 7.99. The molecular weight excluding hydrogens is 312 g/mol. The predicted molar refractivity (Wildman–Crippen MR) is 89.8 cm³/mol. The molecule has 122 valence electrons. The second-order valence-corrected chi connectivity index (χ2v) is 7.13. The summed E-state index contributed by atoms with van der Waals surface area (Å²) in [5, 5.41) is 11.7. The Labute approximate surface area is 138 Å². The first-order valence-corrected chi connectivity index (χ1v) is 8.81. The Morgan fingerprint density at radius 2 is 2.04 bits per heavy atom. The lowest BCUT2D eigenvalue weighted by atomic mass is 9.84. The van der Waals surface area contributed by atoms with Crippen LogP contribution in [0.5, 0.6) is 0 Å². The van der Waals surface area contributed by atoms with Gasteiger partial charge in [-0.3, -0.25) is 9.59 Å². The minimum atomic E-state index is -1.04. The van der Waals surface area contributed by atoms with Crippen LogP contribution >= 0.6 is 11.3 Å². The fourth-order valence-electron chi connectivity index (χ4n) is 3.13. The largest absolute Gasteiger partial charge is 0.480 e. The molecule has 1 fully saturated rings. The number of aromatic nitrogens is 1. The summed E-state index contributed by atoms with van der Waals surface area (Å²) in [6, 6.07) is 6.41. The molecule has 0 saturated heterocycles. The molecule has 3 rings (SSSR count). The molecule has 23 heavy (non-hydrogen) atoms. The molecule has 2 aromatic rings. The summed E-state index contributed by atoms with van der Waals surface area (Å²) < 4.78 is 1.11. The lowest BCUT2D eigenvalue weighted by Crippen LogP contribution is -2.30. The number of hydrogen-bond donors (Lipinski definition) is 2. The topological polar surface area (TPSA) is 79.3 Å². The van der Waals surface area contributed by atoms with Gasteiger partial charge in [-0.15, -0.1) is 11.3 Å². The molecular formula is C17H20N2O3S. The van der Waals surface area contributed by atoms with E-state index in [-0.39, 0.29) is 18.9 Å². The maximum absolute atomic E-state index is 11.7. The van der Waals surface area contributed by atoms with Gasteiger partial charge in [0, 0.05) is 0 Å². The second kappa shape index (κ2) is 7.08. The van der Waals surface area contributed by atoms with Gasteiger partial charge in [0.15, 0.2) is 0 Å². The summed E-state index contributed by atoms with van der Waals surface area (Å²) in [6.07, 6.45) is 6.60. The van der Waals surface area contributed by atoms with Crippen LogP contribution in [-0.4, -0.2) is 28.5 Å². The van der Waals surface area contributed by atoms with Crippen molar-refractivity contribution in [3.05, 3.63) is 28.8 Å². The Morgan fingerprint density at radius 3 is 2.78 bits per heavy atom. The van der Waals surface area contributed by atoms with Gasteiger partial charge in [-0.1, -0.05) is 25.3 Å². The maximum atomic E-state index is 11.7. The Balaban J connectivity index is 1.71. The smallest absolute Gasteiger partial charge is 0.322 e. The van der Waals surface area contributed by atoms with Gasteiger partial charge in [0.2, 0.25) is 5.91 Å². The lowest BCUT2D eigenvalue weighted by Gasteiger charge is -2.21. The first kappa shape index (κ1) is 15.9. The van der Waals surface area contributed by atoms with Crippen LogP contribution in [0.1, 0.15) is 48.6 Å². The van der Waals surface area contributed by atoms with Gasteiger partial charge in [0.25, 0.3) is 0 Å². The van der Waals surface area contributed by atoms with Crippen molar-refractivity contribution in [1.82, 2.24) is 10.3 Å². The zero-order valence-corrected chi connectivity index (χ0v) is 13.7. The van der Waals surface area contributed by atoms with Crippen LogP contribution in [0.25, 0.3) is 10.2 Å². The number of aliphatic carboxylic acids is 1. The number of rotatable bonds is 5. The molecule has 1 aromatic carbocycles. The van der Waals surface area contributed by atoms with Gasteiger partial charge in [0.05, 0.1) is 16.6 Å². The molecule has 0 unspecified atom stereocenters. The van der Waals surface area contributed by atoms with E-state index in [4.69, 9.17) is 5.11 Å². The molecule has 0 atom stereocenters. The molecule has 1 saturated carbocycles. The van der Waals surface area contributed by atoms with E-state index >= 15 is 0 Å². The van der Waals surface area contributed by atoms with Gasteiger partial charge in [-0.2, -0.15) is 0 Å². The summed E-state index contributed by atoms with van der Waals surface area (Å²) in [7, 11) is 0. The van der Waals surface area contributed by atoms with E-state index in [9.17, 15) is 9.59 Å². The third kappa shape index (κ3) is 4.07. The van der Waals surface area contributed by atoms with Gasteiger partial charge >= 0.3 is 5.97 Å². The van der Waals surface area contributed by atoms with E-state index in [2.05, 4.69) is 22.4 Å². The number of amides is 1. The van der Waals surface area contributed by atoms with Crippen LogP contribution in [0.3, 0.4) is 0 Å². The number of carbonyl (C=O) groups excluding carboxylic acids is 1. The molecule has 1 aliphatic carbocycles. The van der Waals surface area contributed by atoms with Crippen LogP contribution in [-0.2, 0) is 16.0 Å². The number of carboxylic acids is 1. The highest BCUT2D eigenvalue weighted by Crippen LogP contribution is 2.35. The zero-order chi connectivity index (χ0) is 16.2. The van der Waals surface area contributed by atoms with Crippen molar-refractivity contribution in [2.45, 2.75) is 44.4 Å². The van der Waals surface area contributed by atoms with Crippen molar-refractivity contribution >= 4 is 33.4 Å². The molecule has 2 N–H and O–H groups in total. The number of hydrogen-bond acceptors (Lipinski definition) is 4. The fourth-order valence-corrected chi connectivity index (χ4v) is 4.14. The highest BCUT2D eigenvalue weighted by Gasteiger charge is 2.17. The highest BCUT2D eigenvalue weighted by atomic mass is 32.1. The van der Waals surface area contributed by atoms with Gasteiger partial charge in [-0.05, 0) is 36.5 Å². The van der Waals surface area contributed by atoms with Crippen molar-refractivity contribution in [3.63, 3.8) is 0 Å². The first-order chi connectivity index (χ1) is 11.1. The number of thiazole rings is 1. The molecule has 1 aliphatic rings. The SMILES string of the molecule is O=C(O)CNC(=O)Cc1nc2ccc(C3CCCCC3)cc2s1. The number of nitrogens with one attached hydrogen (secondary N) is 1. The molecule has 6 heteroatoms. The van der Waals surface area contributed by atoms with Crippen LogP contribution in [0.4, 0.5) is 0 Å². The number of nitrogens with zero attached hydrogens (tertiary/aromatic N) is 1. The molecule has 1 aromatic heterocycles. The maximum Gasteiger partial charge on any atom is 0.322 e. The molecule has 0 radical (unpaired) electrons. The Morgan fingerprint density at radius 1 is 1.26 bits per heavy atom. The zero-order valence-electron chi connectivity index (χ0n) is 12.9. The predicted octanol–water partition coefficient (Wildman–Crippen LogP) is 3.09. The third-order valence-corrected chi connectivity index (χ3v) is 5.30. The van der Waals surface area contributed by atoms with Crippen molar-refractivity contribution < 1.29 is 14.7 Å². The average molecular weight is 332 g/mol. The van der Waals surface area contributed by atoms with Crippen LogP contribution in [0.15, 0.2) is 18.2 Å². The monoisotopic (exact) mass is 332 g/mol. The average Bonchev–Trinajstić information content (AvgIpc) is 2.95. The minimum absolute atomic E-state index is 0.130. The minimum Gasteiger partial charge on any atom is -0.480 e. The summed E-state index contributed by atoms with van der Waals surface area (Å²) in [5.74, 6) is -0.698. The Hall–Kier alpha value is -1.95. The normalized spacial score (nSPS) is 15.7. The van der Waals surface area contributed by atoms with Crippen LogP contribution in [0, 0.1) is 0 Å². The fraction of sp³-hybridized carbons (Fsp3) is 0.471.